The van der Waals surface area contributed by atoms with Gasteiger partial charge in [0.1, 0.15) is 11.0 Å². The first-order valence-corrected chi connectivity index (χ1v) is 9.44. The molecule has 3 rings (SSSR count). The standard InChI is InChI=1S/C16H23N5OS/c17-19-18-14-4-6-16(7-5-14)23(22)21-12-8-15(9-13-21)20-10-2-1-3-11-20/h4-7,15H,1-3,8-13H2. The Kier molecular flexibility index (Phi) is 5.67. The third-order valence-corrected chi connectivity index (χ3v) is 6.27. The Labute approximate surface area is 139 Å². The number of nitrogens with zero attached hydrogens (tertiary/aromatic N) is 5. The molecule has 2 saturated heterocycles. The van der Waals surface area contributed by atoms with E-state index in [1.807, 2.05) is 0 Å². The van der Waals surface area contributed by atoms with Crippen molar-refractivity contribution in [3.05, 3.63) is 34.7 Å². The molecule has 1 aromatic carbocycles. The summed E-state index contributed by atoms with van der Waals surface area (Å²) in [5.74, 6) is 0. The highest BCUT2D eigenvalue weighted by molar-refractivity contribution is 7.82. The number of rotatable bonds is 4. The van der Waals surface area contributed by atoms with Crippen LogP contribution < -0.4 is 0 Å². The summed E-state index contributed by atoms with van der Waals surface area (Å²) in [7, 11) is -1.12. The molecule has 0 amide bonds. The Bertz CT molecular complexity index is 585. The van der Waals surface area contributed by atoms with Gasteiger partial charge in [0.2, 0.25) is 0 Å². The lowest BCUT2D eigenvalue weighted by Gasteiger charge is -2.39. The van der Waals surface area contributed by atoms with Crippen LogP contribution >= 0.6 is 0 Å². The van der Waals surface area contributed by atoms with E-state index >= 15 is 0 Å². The lowest BCUT2D eigenvalue weighted by atomic mass is 10.0. The van der Waals surface area contributed by atoms with Crippen molar-refractivity contribution in [1.82, 2.24) is 9.21 Å². The van der Waals surface area contributed by atoms with Gasteiger partial charge in [-0.1, -0.05) is 23.7 Å². The summed E-state index contributed by atoms with van der Waals surface area (Å²) < 4.78 is 14.7. The van der Waals surface area contributed by atoms with Crippen molar-refractivity contribution in [2.45, 2.75) is 43.0 Å². The molecule has 1 aromatic rings. The quantitative estimate of drug-likeness (QED) is 0.480. The molecular formula is C16H23N5OS. The monoisotopic (exact) mass is 333 g/mol. The highest BCUT2D eigenvalue weighted by atomic mass is 32.2. The Balaban J connectivity index is 1.56. The fraction of sp³-hybridized carbons (Fsp3) is 0.625. The Morgan fingerprint density at radius 2 is 1.70 bits per heavy atom. The van der Waals surface area contributed by atoms with E-state index < -0.39 is 11.0 Å². The van der Waals surface area contributed by atoms with Crippen LogP contribution in [0.4, 0.5) is 5.69 Å². The molecule has 1 atom stereocenters. The molecule has 2 heterocycles. The van der Waals surface area contributed by atoms with E-state index in [2.05, 4.69) is 19.2 Å². The van der Waals surface area contributed by atoms with Crippen molar-refractivity contribution < 1.29 is 4.21 Å². The summed E-state index contributed by atoms with van der Waals surface area (Å²) in [5, 5.41) is 3.54. The number of azide groups is 1. The molecule has 2 aliphatic heterocycles. The average Bonchev–Trinajstić information content (AvgIpc) is 2.63. The van der Waals surface area contributed by atoms with Crippen molar-refractivity contribution in [3.63, 3.8) is 0 Å². The molecule has 2 fully saturated rings. The van der Waals surface area contributed by atoms with Gasteiger partial charge in [-0.15, -0.1) is 0 Å². The summed E-state index contributed by atoms with van der Waals surface area (Å²) in [6.45, 7) is 4.22. The molecule has 0 bridgehead atoms. The van der Waals surface area contributed by atoms with Gasteiger partial charge in [0, 0.05) is 29.7 Å². The first kappa shape index (κ1) is 16.5. The Hall–Kier alpha value is -1.40. The number of benzene rings is 1. The van der Waals surface area contributed by atoms with Crippen LogP contribution in [-0.2, 0) is 11.0 Å². The van der Waals surface area contributed by atoms with E-state index in [9.17, 15) is 4.21 Å². The second-order valence-electron chi connectivity index (χ2n) is 6.19. The second-order valence-corrected chi connectivity index (χ2v) is 7.68. The molecule has 0 saturated carbocycles. The van der Waals surface area contributed by atoms with Gasteiger partial charge < -0.3 is 4.90 Å². The fourth-order valence-corrected chi connectivity index (χ4v) is 4.70. The van der Waals surface area contributed by atoms with Crippen LogP contribution in [0.25, 0.3) is 10.4 Å². The lowest BCUT2D eigenvalue weighted by molar-refractivity contribution is 0.119. The summed E-state index contributed by atoms with van der Waals surface area (Å²) in [6.07, 6.45) is 6.21. The maximum absolute atomic E-state index is 12.7. The third kappa shape index (κ3) is 4.12. The van der Waals surface area contributed by atoms with Crippen LogP contribution in [0.1, 0.15) is 32.1 Å². The van der Waals surface area contributed by atoms with Crippen molar-refractivity contribution >= 4 is 16.7 Å². The number of likely N-dealkylation sites (tertiary alicyclic amines) is 1. The van der Waals surface area contributed by atoms with E-state index in [-0.39, 0.29) is 0 Å². The number of piperidine rings is 2. The first-order chi connectivity index (χ1) is 11.3. The Morgan fingerprint density at radius 1 is 1.04 bits per heavy atom. The molecule has 6 nitrogen and oxygen atoms in total. The topological polar surface area (TPSA) is 72.3 Å². The van der Waals surface area contributed by atoms with Crippen LogP contribution in [0.5, 0.6) is 0 Å². The predicted octanol–water partition coefficient (Wildman–Crippen LogP) is 3.60. The van der Waals surface area contributed by atoms with E-state index in [0.717, 1.165) is 30.8 Å². The minimum atomic E-state index is -1.12. The zero-order chi connectivity index (χ0) is 16.1. The lowest BCUT2D eigenvalue weighted by Crippen LogP contribution is -2.47. The Morgan fingerprint density at radius 3 is 2.30 bits per heavy atom. The van der Waals surface area contributed by atoms with E-state index in [1.165, 1.54) is 32.4 Å². The van der Waals surface area contributed by atoms with Gasteiger partial charge in [-0.25, -0.2) is 8.51 Å². The summed E-state index contributed by atoms with van der Waals surface area (Å²) in [6, 6.07) is 7.67. The van der Waals surface area contributed by atoms with Gasteiger partial charge in [0.05, 0.1) is 4.90 Å². The third-order valence-electron chi connectivity index (χ3n) is 4.76. The van der Waals surface area contributed by atoms with Crippen LogP contribution in [0.15, 0.2) is 34.3 Å². The molecule has 0 aliphatic carbocycles. The zero-order valence-corrected chi connectivity index (χ0v) is 14.1. The molecule has 0 aromatic heterocycles. The molecule has 0 spiro atoms. The SMILES string of the molecule is [N-]=[N+]=Nc1ccc(S(=O)N2CCC(N3CCCCC3)CC2)cc1. The largest absolute Gasteiger partial charge is 0.300 e. The first-order valence-electron chi connectivity index (χ1n) is 8.34. The van der Waals surface area contributed by atoms with Crippen molar-refractivity contribution in [3.8, 4) is 0 Å². The highest BCUT2D eigenvalue weighted by Crippen LogP contribution is 2.24. The van der Waals surface area contributed by atoms with Crippen molar-refractivity contribution in [1.29, 1.82) is 0 Å². The van der Waals surface area contributed by atoms with E-state index in [4.69, 9.17) is 5.53 Å². The second kappa shape index (κ2) is 7.93. The van der Waals surface area contributed by atoms with Gasteiger partial charge in [-0.3, -0.25) is 0 Å². The van der Waals surface area contributed by atoms with Gasteiger partial charge in [0.25, 0.3) is 0 Å². The average molecular weight is 333 g/mol. The zero-order valence-electron chi connectivity index (χ0n) is 13.3. The van der Waals surface area contributed by atoms with Gasteiger partial charge in [0.15, 0.2) is 0 Å². The summed E-state index contributed by atoms with van der Waals surface area (Å²) in [5.41, 5.74) is 8.97. The predicted molar refractivity (Wildman–Crippen MR) is 91.7 cm³/mol. The van der Waals surface area contributed by atoms with Crippen LogP contribution in [0.3, 0.4) is 0 Å². The maximum atomic E-state index is 12.7. The summed E-state index contributed by atoms with van der Waals surface area (Å²) in [4.78, 5) is 6.16. The summed E-state index contributed by atoms with van der Waals surface area (Å²) >= 11 is 0. The molecule has 1 unspecified atom stereocenters. The number of hydrogen-bond donors (Lipinski definition) is 0. The van der Waals surface area contributed by atoms with E-state index in [1.54, 1.807) is 24.3 Å². The van der Waals surface area contributed by atoms with Crippen LogP contribution in [0.2, 0.25) is 0 Å². The fourth-order valence-electron chi connectivity index (χ4n) is 3.49. The van der Waals surface area contributed by atoms with Gasteiger partial charge in [-0.2, -0.15) is 0 Å². The normalized spacial score (nSPS) is 22.4. The maximum Gasteiger partial charge on any atom is 0.127 e. The molecule has 0 N–H and O–H groups in total. The smallest absolute Gasteiger partial charge is 0.127 e. The molecule has 7 heteroatoms. The molecule has 124 valence electrons. The van der Waals surface area contributed by atoms with Crippen molar-refractivity contribution in [2.24, 2.45) is 5.11 Å². The van der Waals surface area contributed by atoms with Crippen molar-refractivity contribution in [2.75, 3.05) is 26.2 Å². The molecule has 0 radical (unpaired) electrons. The van der Waals surface area contributed by atoms with Crippen LogP contribution in [-0.4, -0.2) is 45.6 Å². The molecule has 23 heavy (non-hydrogen) atoms. The van der Waals surface area contributed by atoms with Crippen LogP contribution in [0, 0.1) is 0 Å². The van der Waals surface area contributed by atoms with E-state index in [0.29, 0.717) is 11.7 Å². The molecule has 2 aliphatic rings. The van der Waals surface area contributed by atoms with Gasteiger partial charge >= 0.3 is 0 Å². The highest BCUT2D eigenvalue weighted by Gasteiger charge is 2.28. The number of hydrogen-bond acceptors (Lipinski definition) is 3. The van der Waals surface area contributed by atoms with Gasteiger partial charge in [-0.05, 0) is 56.4 Å². The minimum Gasteiger partial charge on any atom is -0.300 e. The molecular weight excluding hydrogens is 310 g/mol. The minimum absolute atomic E-state index is 0.553.